The van der Waals surface area contributed by atoms with Crippen molar-refractivity contribution >= 4 is 37.8 Å². The van der Waals surface area contributed by atoms with Crippen LogP contribution in [0, 0.1) is 5.92 Å². The molecule has 1 rings (SSSR count). The summed E-state index contributed by atoms with van der Waals surface area (Å²) in [5.41, 5.74) is 0. The van der Waals surface area contributed by atoms with Gasteiger partial charge in [-0.2, -0.15) is 0 Å². The number of benzene rings is 1. The number of carbonyl (C=O) groups excluding carboxylic acids is 1. The molecule has 0 aliphatic carbocycles. The number of hydrogen-bond donors (Lipinski definition) is 1. The zero-order chi connectivity index (χ0) is 13.7. The number of nitrogens with one attached hydrogen (secondary N) is 1. The van der Waals surface area contributed by atoms with Gasteiger partial charge in [0.1, 0.15) is 5.75 Å². The smallest absolute Gasteiger partial charge is 0.258 e. The van der Waals surface area contributed by atoms with E-state index in [1.165, 1.54) is 0 Å². The van der Waals surface area contributed by atoms with Gasteiger partial charge in [0.05, 0.1) is 4.47 Å². The van der Waals surface area contributed by atoms with Crippen molar-refractivity contribution in [3.05, 3.63) is 27.1 Å². The molecule has 1 atom stereocenters. The summed E-state index contributed by atoms with van der Waals surface area (Å²) in [5.74, 6) is 0.963. The lowest BCUT2D eigenvalue weighted by Gasteiger charge is -2.17. The van der Waals surface area contributed by atoms with Gasteiger partial charge in [0.25, 0.3) is 5.91 Å². The van der Waals surface area contributed by atoms with Gasteiger partial charge < -0.3 is 10.1 Å². The second-order valence-corrected chi connectivity index (χ2v) is 6.23. The molecule has 0 bridgehead atoms. The Morgan fingerprint density at radius 2 is 2.00 bits per heavy atom. The van der Waals surface area contributed by atoms with Crippen LogP contribution >= 0.6 is 31.9 Å². The van der Waals surface area contributed by atoms with Crippen LogP contribution in [0.4, 0.5) is 0 Å². The molecule has 100 valence electrons. The minimum atomic E-state index is -0.106. The molecule has 18 heavy (non-hydrogen) atoms. The quantitative estimate of drug-likeness (QED) is 0.847. The second-order valence-electron chi connectivity index (χ2n) is 4.46. The summed E-state index contributed by atoms with van der Waals surface area (Å²) < 4.78 is 7.23. The van der Waals surface area contributed by atoms with Gasteiger partial charge >= 0.3 is 0 Å². The lowest BCUT2D eigenvalue weighted by atomic mass is 10.1. The van der Waals surface area contributed by atoms with Gasteiger partial charge in [-0.15, -0.1) is 0 Å². The van der Waals surface area contributed by atoms with Gasteiger partial charge in [-0.05, 0) is 47.0 Å². The fourth-order valence-electron chi connectivity index (χ4n) is 1.20. The van der Waals surface area contributed by atoms with E-state index in [-0.39, 0.29) is 18.6 Å². The van der Waals surface area contributed by atoms with E-state index < -0.39 is 0 Å². The molecule has 0 fully saturated rings. The van der Waals surface area contributed by atoms with Crippen LogP contribution in [0.5, 0.6) is 5.75 Å². The molecule has 0 spiro atoms. The summed E-state index contributed by atoms with van der Waals surface area (Å²) in [6, 6.07) is 5.71. The van der Waals surface area contributed by atoms with Crippen molar-refractivity contribution in [1.29, 1.82) is 0 Å². The molecule has 0 unspecified atom stereocenters. The van der Waals surface area contributed by atoms with Crippen LogP contribution in [0.3, 0.4) is 0 Å². The predicted molar refractivity (Wildman–Crippen MR) is 79.8 cm³/mol. The van der Waals surface area contributed by atoms with Gasteiger partial charge in [-0.25, -0.2) is 0 Å². The van der Waals surface area contributed by atoms with Crippen LogP contribution in [-0.4, -0.2) is 18.6 Å². The molecule has 0 saturated carbocycles. The Labute approximate surface area is 125 Å². The van der Waals surface area contributed by atoms with Crippen molar-refractivity contribution in [3.63, 3.8) is 0 Å². The Hall–Kier alpha value is -0.550. The standard InChI is InChI=1S/C13H17Br2NO2/c1-8(2)9(3)16-13(17)7-18-12-5-4-10(14)6-11(12)15/h4-6,8-9H,7H2,1-3H3,(H,16,17)/t9-/m0/s1. The van der Waals surface area contributed by atoms with E-state index in [0.717, 1.165) is 8.95 Å². The molecule has 1 N–H and O–H groups in total. The largest absolute Gasteiger partial charge is 0.483 e. The second kappa shape index (κ2) is 7.14. The summed E-state index contributed by atoms with van der Waals surface area (Å²) in [4.78, 5) is 11.6. The van der Waals surface area contributed by atoms with Crippen molar-refractivity contribution in [2.45, 2.75) is 26.8 Å². The molecule has 1 aromatic carbocycles. The molecule has 0 radical (unpaired) electrons. The summed E-state index contributed by atoms with van der Waals surface area (Å²) in [7, 11) is 0. The zero-order valence-electron chi connectivity index (χ0n) is 10.7. The molecule has 1 amide bonds. The average molecular weight is 379 g/mol. The van der Waals surface area contributed by atoms with Crippen molar-refractivity contribution < 1.29 is 9.53 Å². The predicted octanol–water partition coefficient (Wildman–Crippen LogP) is 3.75. The Morgan fingerprint density at radius 3 is 2.56 bits per heavy atom. The highest BCUT2D eigenvalue weighted by Gasteiger charge is 2.11. The molecule has 0 aliphatic heterocycles. The van der Waals surface area contributed by atoms with E-state index in [1.807, 2.05) is 25.1 Å². The number of ether oxygens (including phenoxy) is 1. The topological polar surface area (TPSA) is 38.3 Å². The van der Waals surface area contributed by atoms with Crippen LogP contribution in [0.15, 0.2) is 27.1 Å². The van der Waals surface area contributed by atoms with Crippen molar-refractivity contribution in [3.8, 4) is 5.75 Å². The summed E-state index contributed by atoms with van der Waals surface area (Å²) in [6.07, 6.45) is 0. The number of rotatable bonds is 5. The molecule has 0 aromatic heterocycles. The average Bonchev–Trinajstić information content (AvgIpc) is 2.27. The molecule has 0 aliphatic rings. The van der Waals surface area contributed by atoms with E-state index in [4.69, 9.17) is 4.74 Å². The van der Waals surface area contributed by atoms with Gasteiger partial charge in [0, 0.05) is 10.5 Å². The number of amides is 1. The normalized spacial score (nSPS) is 12.3. The Morgan fingerprint density at radius 1 is 1.33 bits per heavy atom. The van der Waals surface area contributed by atoms with E-state index in [0.29, 0.717) is 11.7 Å². The van der Waals surface area contributed by atoms with Gasteiger partial charge in [-0.3, -0.25) is 4.79 Å². The fourth-order valence-corrected chi connectivity index (χ4v) is 2.36. The number of carbonyl (C=O) groups is 1. The van der Waals surface area contributed by atoms with E-state index >= 15 is 0 Å². The first-order valence-electron chi connectivity index (χ1n) is 5.77. The molecule has 1 aromatic rings. The number of halogens is 2. The molecule has 5 heteroatoms. The first-order chi connectivity index (χ1) is 8.40. The maximum Gasteiger partial charge on any atom is 0.258 e. The van der Waals surface area contributed by atoms with Crippen molar-refractivity contribution in [2.75, 3.05) is 6.61 Å². The third kappa shape index (κ3) is 4.98. The molecular formula is C13H17Br2NO2. The van der Waals surface area contributed by atoms with Gasteiger partial charge in [-0.1, -0.05) is 29.8 Å². The van der Waals surface area contributed by atoms with Gasteiger partial charge in [0.2, 0.25) is 0 Å². The van der Waals surface area contributed by atoms with Crippen LogP contribution in [0.25, 0.3) is 0 Å². The van der Waals surface area contributed by atoms with E-state index in [9.17, 15) is 4.79 Å². The van der Waals surface area contributed by atoms with Crippen LogP contribution in [-0.2, 0) is 4.79 Å². The molecule has 3 nitrogen and oxygen atoms in total. The highest BCUT2D eigenvalue weighted by Crippen LogP contribution is 2.28. The minimum absolute atomic E-state index is 0.0251. The van der Waals surface area contributed by atoms with E-state index in [1.54, 1.807) is 0 Å². The third-order valence-electron chi connectivity index (χ3n) is 2.64. The fraction of sp³-hybridized carbons (Fsp3) is 0.462. The Kier molecular flexibility index (Phi) is 6.15. The maximum atomic E-state index is 11.6. The zero-order valence-corrected chi connectivity index (χ0v) is 13.8. The highest BCUT2D eigenvalue weighted by molar-refractivity contribution is 9.11. The third-order valence-corrected chi connectivity index (χ3v) is 3.75. The summed E-state index contributed by atoms with van der Waals surface area (Å²) in [5, 5.41) is 2.89. The summed E-state index contributed by atoms with van der Waals surface area (Å²) >= 11 is 6.74. The van der Waals surface area contributed by atoms with Crippen LogP contribution < -0.4 is 10.1 Å². The first kappa shape index (κ1) is 15.5. The molecule has 0 heterocycles. The number of hydrogen-bond acceptors (Lipinski definition) is 2. The van der Waals surface area contributed by atoms with Crippen LogP contribution in [0.1, 0.15) is 20.8 Å². The minimum Gasteiger partial charge on any atom is -0.483 e. The van der Waals surface area contributed by atoms with Crippen molar-refractivity contribution in [1.82, 2.24) is 5.32 Å². The summed E-state index contributed by atoms with van der Waals surface area (Å²) in [6.45, 7) is 6.14. The molecule has 0 saturated heterocycles. The Balaban J connectivity index is 2.47. The SMILES string of the molecule is CC(C)[C@H](C)NC(=O)COc1ccc(Br)cc1Br. The lowest BCUT2D eigenvalue weighted by Crippen LogP contribution is -2.38. The first-order valence-corrected chi connectivity index (χ1v) is 7.36. The lowest BCUT2D eigenvalue weighted by molar-refractivity contribution is -0.124. The Bertz CT molecular complexity index is 421. The van der Waals surface area contributed by atoms with Crippen LogP contribution in [0.2, 0.25) is 0 Å². The molecular weight excluding hydrogens is 362 g/mol. The van der Waals surface area contributed by atoms with Crippen molar-refractivity contribution in [2.24, 2.45) is 5.92 Å². The maximum absolute atomic E-state index is 11.6. The monoisotopic (exact) mass is 377 g/mol. The highest BCUT2D eigenvalue weighted by atomic mass is 79.9. The van der Waals surface area contributed by atoms with E-state index in [2.05, 4.69) is 51.0 Å². The van der Waals surface area contributed by atoms with Gasteiger partial charge in [0.15, 0.2) is 6.61 Å².